The molecule has 0 bridgehead atoms. The van der Waals surface area contributed by atoms with E-state index in [1.54, 1.807) is 25.4 Å². The van der Waals surface area contributed by atoms with Crippen molar-refractivity contribution < 1.29 is 19.2 Å². The van der Waals surface area contributed by atoms with Crippen LogP contribution in [-0.4, -0.2) is 33.9 Å². The normalized spacial score (nSPS) is 10.8. The number of benzene rings is 2. The van der Waals surface area contributed by atoms with Gasteiger partial charge >= 0.3 is 0 Å². The maximum Gasteiger partial charge on any atom is 0.293 e. The minimum Gasteiger partial charge on any atom is -0.496 e. The predicted octanol–water partition coefficient (Wildman–Crippen LogP) is 3.44. The fourth-order valence-electron chi connectivity index (χ4n) is 2.62. The van der Waals surface area contributed by atoms with Gasteiger partial charge in [0.15, 0.2) is 5.69 Å². The van der Waals surface area contributed by atoms with Crippen LogP contribution in [0.3, 0.4) is 0 Å². The standard InChI is InChI=1S/C20H18BrN5O5/c1-25-11-17(21)19(24-25)20(27)23-22-10-13-3-4-14(18(9-13)30-2)12-31-16-7-5-15(6-8-16)26(28)29/h3-11H,12H2,1-2H3,(H,23,27). The lowest BCUT2D eigenvalue weighted by Crippen LogP contribution is -2.19. The molecule has 1 aromatic heterocycles. The molecular formula is C20H18BrN5O5. The molecule has 0 saturated heterocycles. The number of rotatable bonds is 8. The quantitative estimate of drug-likeness (QED) is 0.295. The molecule has 0 aliphatic heterocycles. The predicted molar refractivity (Wildman–Crippen MR) is 116 cm³/mol. The van der Waals surface area contributed by atoms with E-state index in [4.69, 9.17) is 9.47 Å². The van der Waals surface area contributed by atoms with Gasteiger partial charge in [0.05, 0.1) is 22.7 Å². The maximum atomic E-state index is 12.1. The third kappa shape index (κ3) is 5.66. The Hall–Kier alpha value is -3.73. The number of carbonyl (C=O) groups excluding carboxylic acids is 1. The number of halogens is 1. The van der Waals surface area contributed by atoms with Crippen molar-refractivity contribution in [3.8, 4) is 11.5 Å². The van der Waals surface area contributed by atoms with Gasteiger partial charge < -0.3 is 9.47 Å². The summed E-state index contributed by atoms with van der Waals surface area (Å²) in [6.07, 6.45) is 3.15. The molecule has 3 aromatic rings. The molecule has 0 fully saturated rings. The molecule has 31 heavy (non-hydrogen) atoms. The molecule has 0 aliphatic rings. The third-order valence-corrected chi connectivity index (χ3v) is 4.71. The maximum absolute atomic E-state index is 12.1. The van der Waals surface area contributed by atoms with Gasteiger partial charge in [-0.25, -0.2) is 5.43 Å². The monoisotopic (exact) mass is 487 g/mol. The summed E-state index contributed by atoms with van der Waals surface area (Å²) in [6, 6.07) is 11.2. The Morgan fingerprint density at radius 2 is 2.06 bits per heavy atom. The molecule has 2 aromatic carbocycles. The van der Waals surface area contributed by atoms with E-state index in [1.807, 2.05) is 6.07 Å². The number of nitrogens with one attached hydrogen (secondary N) is 1. The van der Waals surface area contributed by atoms with Gasteiger partial charge in [-0.15, -0.1) is 0 Å². The number of amides is 1. The van der Waals surface area contributed by atoms with Crippen LogP contribution in [0.25, 0.3) is 0 Å². The molecule has 1 heterocycles. The van der Waals surface area contributed by atoms with Gasteiger partial charge in [-0.1, -0.05) is 12.1 Å². The van der Waals surface area contributed by atoms with Crippen LogP contribution in [0.2, 0.25) is 0 Å². The molecule has 1 amide bonds. The number of hydrogen-bond acceptors (Lipinski definition) is 7. The average molecular weight is 488 g/mol. The van der Waals surface area contributed by atoms with Crippen LogP contribution >= 0.6 is 15.9 Å². The molecule has 11 heteroatoms. The van der Waals surface area contributed by atoms with Crippen LogP contribution in [0.1, 0.15) is 21.6 Å². The van der Waals surface area contributed by atoms with Gasteiger partial charge in [-0.2, -0.15) is 10.2 Å². The van der Waals surface area contributed by atoms with Crippen molar-refractivity contribution in [2.75, 3.05) is 7.11 Å². The number of non-ortho nitro benzene ring substituents is 1. The van der Waals surface area contributed by atoms with E-state index in [9.17, 15) is 14.9 Å². The highest BCUT2D eigenvalue weighted by Gasteiger charge is 2.13. The van der Waals surface area contributed by atoms with Gasteiger partial charge in [0.1, 0.15) is 18.1 Å². The number of aryl methyl sites for hydroxylation is 1. The number of hydrazone groups is 1. The van der Waals surface area contributed by atoms with Gasteiger partial charge in [0, 0.05) is 30.9 Å². The Kier molecular flexibility index (Phi) is 6.98. The summed E-state index contributed by atoms with van der Waals surface area (Å²) in [6.45, 7) is 0.211. The van der Waals surface area contributed by atoms with Gasteiger partial charge in [-0.3, -0.25) is 19.6 Å². The summed E-state index contributed by atoms with van der Waals surface area (Å²) < 4.78 is 13.2. The third-order valence-electron chi connectivity index (χ3n) is 4.13. The Morgan fingerprint density at radius 3 is 2.68 bits per heavy atom. The fourth-order valence-corrected chi connectivity index (χ4v) is 3.17. The summed E-state index contributed by atoms with van der Waals surface area (Å²) in [5, 5.41) is 18.7. The minimum absolute atomic E-state index is 0.00364. The first kappa shape index (κ1) is 22.0. The van der Waals surface area contributed by atoms with Crippen LogP contribution in [0, 0.1) is 10.1 Å². The number of nitro groups is 1. The van der Waals surface area contributed by atoms with Crippen molar-refractivity contribution in [2.24, 2.45) is 12.1 Å². The van der Waals surface area contributed by atoms with Crippen LogP contribution in [-0.2, 0) is 13.7 Å². The highest BCUT2D eigenvalue weighted by Crippen LogP contribution is 2.23. The Morgan fingerprint density at radius 1 is 1.32 bits per heavy atom. The average Bonchev–Trinajstić information content (AvgIpc) is 3.10. The molecule has 0 spiro atoms. The number of methoxy groups -OCH3 is 1. The number of nitro benzene ring substituents is 1. The molecule has 160 valence electrons. The lowest BCUT2D eigenvalue weighted by Gasteiger charge is -2.11. The first-order valence-electron chi connectivity index (χ1n) is 8.94. The smallest absolute Gasteiger partial charge is 0.293 e. The van der Waals surface area contributed by atoms with E-state index in [0.29, 0.717) is 21.5 Å². The van der Waals surface area contributed by atoms with Crippen LogP contribution in [0.5, 0.6) is 11.5 Å². The summed E-state index contributed by atoms with van der Waals surface area (Å²) in [5.41, 5.74) is 4.13. The van der Waals surface area contributed by atoms with Crippen molar-refractivity contribution >= 4 is 33.7 Å². The zero-order valence-electron chi connectivity index (χ0n) is 16.6. The van der Waals surface area contributed by atoms with E-state index in [2.05, 4.69) is 31.6 Å². The SMILES string of the molecule is COc1cc(C=NNC(=O)c2nn(C)cc2Br)ccc1COc1ccc([N+](=O)[O-])cc1. The summed E-state index contributed by atoms with van der Waals surface area (Å²) in [5.74, 6) is 0.634. The molecule has 0 radical (unpaired) electrons. The molecule has 3 rings (SSSR count). The van der Waals surface area contributed by atoms with Crippen LogP contribution in [0.15, 0.2) is 58.2 Å². The minimum atomic E-state index is -0.468. The first-order chi connectivity index (χ1) is 14.9. The molecule has 0 atom stereocenters. The number of nitrogens with zero attached hydrogens (tertiary/aromatic N) is 4. The largest absolute Gasteiger partial charge is 0.496 e. The zero-order chi connectivity index (χ0) is 22.4. The number of ether oxygens (including phenoxy) is 2. The summed E-state index contributed by atoms with van der Waals surface area (Å²) in [4.78, 5) is 22.4. The molecule has 0 saturated carbocycles. The van der Waals surface area contributed by atoms with Crippen molar-refractivity contribution in [1.29, 1.82) is 0 Å². The van der Waals surface area contributed by atoms with Gasteiger partial charge in [0.2, 0.25) is 0 Å². The topological polar surface area (TPSA) is 121 Å². The Labute approximate surface area is 185 Å². The van der Waals surface area contributed by atoms with E-state index >= 15 is 0 Å². The number of hydrogen-bond donors (Lipinski definition) is 1. The van der Waals surface area contributed by atoms with Crippen molar-refractivity contribution in [1.82, 2.24) is 15.2 Å². The Bertz CT molecular complexity index is 1130. The lowest BCUT2D eigenvalue weighted by atomic mass is 10.1. The summed E-state index contributed by atoms with van der Waals surface area (Å²) >= 11 is 3.27. The first-order valence-corrected chi connectivity index (χ1v) is 9.73. The number of carbonyl (C=O) groups is 1. The Balaban J connectivity index is 1.62. The van der Waals surface area contributed by atoms with E-state index in [0.717, 1.165) is 5.56 Å². The number of aromatic nitrogens is 2. The van der Waals surface area contributed by atoms with Crippen molar-refractivity contribution in [3.05, 3.63) is 80.1 Å². The van der Waals surface area contributed by atoms with Gasteiger partial charge in [-0.05, 0) is 39.7 Å². The molecule has 0 unspecified atom stereocenters. The molecule has 0 aliphatic carbocycles. The molecular weight excluding hydrogens is 470 g/mol. The van der Waals surface area contributed by atoms with E-state index in [-0.39, 0.29) is 18.0 Å². The van der Waals surface area contributed by atoms with Crippen molar-refractivity contribution in [3.63, 3.8) is 0 Å². The van der Waals surface area contributed by atoms with E-state index in [1.165, 1.54) is 42.3 Å². The van der Waals surface area contributed by atoms with Gasteiger partial charge in [0.25, 0.3) is 11.6 Å². The van der Waals surface area contributed by atoms with Crippen LogP contribution < -0.4 is 14.9 Å². The fraction of sp³-hybridized carbons (Fsp3) is 0.150. The lowest BCUT2D eigenvalue weighted by molar-refractivity contribution is -0.384. The van der Waals surface area contributed by atoms with Crippen LogP contribution in [0.4, 0.5) is 5.69 Å². The highest BCUT2D eigenvalue weighted by molar-refractivity contribution is 9.10. The van der Waals surface area contributed by atoms with E-state index < -0.39 is 10.8 Å². The molecule has 10 nitrogen and oxygen atoms in total. The second-order valence-corrected chi connectivity index (χ2v) is 7.16. The molecule has 1 N–H and O–H groups in total. The second kappa shape index (κ2) is 9.85. The second-order valence-electron chi connectivity index (χ2n) is 6.31. The highest BCUT2D eigenvalue weighted by atomic mass is 79.9. The van der Waals surface area contributed by atoms with Crippen molar-refractivity contribution in [2.45, 2.75) is 6.61 Å². The zero-order valence-corrected chi connectivity index (χ0v) is 18.2. The summed E-state index contributed by atoms with van der Waals surface area (Å²) in [7, 11) is 3.25.